The standard InChI is InChI=1S/C19H18N4O2/c1-2-3-13-11-17(24)22-23-18(13)14-4-5-16-15(10-14)21-19(25-16)12-6-8-20-9-7-12/h4-10,13H,2-3,11H2,1H3,(H,22,24). The second-order valence-corrected chi connectivity index (χ2v) is 6.16. The molecule has 0 bridgehead atoms. The molecule has 126 valence electrons. The van der Waals surface area contributed by atoms with E-state index in [4.69, 9.17) is 4.42 Å². The van der Waals surface area contributed by atoms with Crippen LogP contribution in [0.2, 0.25) is 0 Å². The molecule has 1 aliphatic rings. The van der Waals surface area contributed by atoms with Gasteiger partial charge in [-0.15, -0.1) is 0 Å². The van der Waals surface area contributed by atoms with Gasteiger partial charge in [0.05, 0.1) is 5.71 Å². The van der Waals surface area contributed by atoms with Crippen LogP contribution in [-0.4, -0.2) is 21.6 Å². The molecule has 0 spiro atoms. The van der Waals surface area contributed by atoms with E-state index < -0.39 is 0 Å². The highest BCUT2D eigenvalue weighted by Gasteiger charge is 2.25. The third-order valence-electron chi connectivity index (χ3n) is 4.37. The van der Waals surface area contributed by atoms with Gasteiger partial charge in [-0.1, -0.05) is 13.3 Å². The Hall–Kier alpha value is -3.02. The summed E-state index contributed by atoms with van der Waals surface area (Å²) in [7, 11) is 0. The van der Waals surface area contributed by atoms with Crippen LogP contribution in [0.15, 0.2) is 52.2 Å². The fourth-order valence-electron chi connectivity index (χ4n) is 3.17. The Kier molecular flexibility index (Phi) is 4.01. The van der Waals surface area contributed by atoms with Crippen molar-refractivity contribution in [1.82, 2.24) is 15.4 Å². The molecule has 1 N–H and O–H groups in total. The number of carbonyl (C=O) groups is 1. The van der Waals surface area contributed by atoms with Gasteiger partial charge in [0.15, 0.2) is 5.58 Å². The van der Waals surface area contributed by atoms with Crippen LogP contribution in [-0.2, 0) is 4.79 Å². The van der Waals surface area contributed by atoms with Crippen molar-refractivity contribution in [3.05, 3.63) is 48.3 Å². The zero-order valence-corrected chi connectivity index (χ0v) is 13.9. The van der Waals surface area contributed by atoms with Crippen LogP contribution in [0.1, 0.15) is 31.7 Å². The van der Waals surface area contributed by atoms with Crippen molar-refractivity contribution in [2.75, 3.05) is 0 Å². The van der Waals surface area contributed by atoms with Crippen molar-refractivity contribution >= 4 is 22.7 Å². The molecule has 0 aliphatic carbocycles. The SMILES string of the molecule is CCCC1CC(=O)NN=C1c1ccc2oc(-c3ccncc3)nc2c1. The average Bonchev–Trinajstić information content (AvgIpc) is 3.06. The molecule has 4 rings (SSSR count). The molecule has 0 radical (unpaired) electrons. The minimum absolute atomic E-state index is 0.0234. The molecule has 1 atom stereocenters. The molecule has 0 saturated heterocycles. The quantitative estimate of drug-likeness (QED) is 0.791. The molecule has 0 saturated carbocycles. The van der Waals surface area contributed by atoms with Gasteiger partial charge < -0.3 is 4.42 Å². The molecule has 1 aliphatic heterocycles. The second kappa shape index (κ2) is 6.47. The van der Waals surface area contributed by atoms with E-state index >= 15 is 0 Å². The zero-order chi connectivity index (χ0) is 17.2. The summed E-state index contributed by atoms with van der Waals surface area (Å²) >= 11 is 0. The van der Waals surface area contributed by atoms with Crippen molar-refractivity contribution in [3.63, 3.8) is 0 Å². The number of hydrogen-bond acceptors (Lipinski definition) is 5. The first-order valence-corrected chi connectivity index (χ1v) is 8.42. The number of hydrogen-bond donors (Lipinski definition) is 1. The van der Waals surface area contributed by atoms with E-state index in [1.165, 1.54) is 0 Å². The van der Waals surface area contributed by atoms with Gasteiger partial charge in [-0.2, -0.15) is 5.10 Å². The van der Waals surface area contributed by atoms with Crippen LogP contribution in [0.25, 0.3) is 22.6 Å². The molecular weight excluding hydrogens is 316 g/mol. The summed E-state index contributed by atoms with van der Waals surface area (Å²) in [5.41, 5.74) is 6.87. The number of amides is 1. The maximum Gasteiger partial charge on any atom is 0.240 e. The molecule has 1 aromatic carbocycles. The van der Waals surface area contributed by atoms with Crippen molar-refractivity contribution in [2.45, 2.75) is 26.2 Å². The molecule has 0 fully saturated rings. The van der Waals surface area contributed by atoms with Gasteiger partial charge in [-0.3, -0.25) is 9.78 Å². The third kappa shape index (κ3) is 3.03. The van der Waals surface area contributed by atoms with E-state index in [2.05, 4.69) is 27.4 Å². The lowest BCUT2D eigenvalue weighted by Gasteiger charge is -2.22. The molecule has 2 aromatic heterocycles. The summed E-state index contributed by atoms with van der Waals surface area (Å²) in [4.78, 5) is 20.2. The summed E-state index contributed by atoms with van der Waals surface area (Å²) in [5.74, 6) is 0.686. The van der Waals surface area contributed by atoms with Crippen molar-refractivity contribution < 1.29 is 9.21 Å². The maximum atomic E-state index is 11.6. The van der Waals surface area contributed by atoms with Crippen LogP contribution in [0.4, 0.5) is 0 Å². The first kappa shape index (κ1) is 15.5. The summed E-state index contributed by atoms with van der Waals surface area (Å²) in [6.07, 6.45) is 5.85. The highest BCUT2D eigenvalue weighted by Crippen LogP contribution is 2.27. The summed E-state index contributed by atoms with van der Waals surface area (Å²) in [6, 6.07) is 9.59. The molecule has 3 heterocycles. The average molecular weight is 334 g/mol. The molecule has 6 nitrogen and oxygen atoms in total. The zero-order valence-electron chi connectivity index (χ0n) is 13.9. The fraction of sp³-hybridized carbons (Fsp3) is 0.263. The Labute approximate surface area is 145 Å². The Bertz CT molecular complexity index is 946. The topological polar surface area (TPSA) is 80.4 Å². The van der Waals surface area contributed by atoms with Crippen molar-refractivity contribution in [1.29, 1.82) is 0 Å². The third-order valence-corrected chi connectivity index (χ3v) is 4.37. The van der Waals surface area contributed by atoms with Gasteiger partial charge in [0.25, 0.3) is 0 Å². The van der Waals surface area contributed by atoms with Crippen LogP contribution in [0.5, 0.6) is 0 Å². The number of nitrogens with zero attached hydrogens (tertiary/aromatic N) is 3. The maximum absolute atomic E-state index is 11.6. The fourth-order valence-corrected chi connectivity index (χ4v) is 3.17. The lowest BCUT2D eigenvalue weighted by Crippen LogP contribution is -2.33. The van der Waals surface area contributed by atoms with Gasteiger partial charge in [0.1, 0.15) is 5.52 Å². The number of rotatable bonds is 4. The number of fused-ring (bicyclic) bond motifs is 1. The summed E-state index contributed by atoms with van der Waals surface area (Å²) in [5, 5.41) is 4.30. The Morgan fingerprint density at radius 1 is 1.20 bits per heavy atom. The van der Waals surface area contributed by atoms with Gasteiger partial charge >= 0.3 is 0 Å². The highest BCUT2D eigenvalue weighted by atomic mass is 16.3. The summed E-state index contributed by atoms with van der Waals surface area (Å²) < 4.78 is 5.84. The Balaban J connectivity index is 1.72. The van der Waals surface area contributed by atoms with Crippen LogP contribution in [0.3, 0.4) is 0 Å². The number of benzene rings is 1. The number of oxazole rings is 1. The van der Waals surface area contributed by atoms with E-state index in [9.17, 15) is 4.79 Å². The van der Waals surface area contributed by atoms with E-state index in [0.29, 0.717) is 12.3 Å². The van der Waals surface area contributed by atoms with E-state index in [1.54, 1.807) is 12.4 Å². The Morgan fingerprint density at radius 2 is 2.04 bits per heavy atom. The monoisotopic (exact) mass is 334 g/mol. The molecule has 1 unspecified atom stereocenters. The van der Waals surface area contributed by atoms with Crippen LogP contribution < -0.4 is 5.43 Å². The minimum Gasteiger partial charge on any atom is -0.436 e. The number of aromatic nitrogens is 2. The lowest BCUT2D eigenvalue weighted by atomic mass is 9.88. The highest BCUT2D eigenvalue weighted by molar-refractivity contribution is 6.07. The van der Waals surface area contributed by atoms with Crippen LogP contribution in [0, 0.1) is 5.92 Å². The number of nitrogens with one attached hydrogen (secondary N) is 1. The number of carbonyl (C=O) groups excluding carboxylic acids is 1. The molecule has 6 heteroatoms. The lowest BCUT2D eigenvalue weighted by molar-refractivity contribution is -0.122. The van der Waals surface area contributed by atoms with Gasteiger partial charge in [-0.05, 0) is 36.8 Å². The predicted octanol–water partition coefficient (Wildman–Crippen LogP) is 3.53. The van der Waals surface area contributed by atoms with E-state index in [-0.39, 0.29) is 11.8 Å². The van der Waals surface area contributed by atoms with E-state index in [0.717, 1.165) is 40.8 Å². The Morgan fingerprint density at radius 3 is 2.84 bits per heavy atom. The smallest absolute Gasteiger partial charge is 0.240 e. The number of pyridine rings is 1. The van der Waals surface area contributed by atoms with Crippen molar-refractivity contribution in [2.24, 2.45) is 11.0 Å². The van der Waals surface area contributed by atoms with Gasteiger partial charge in [0, 0.05) is 35.9 Å². The minimum atomic E-state index is -0.0234. The molecule has 3 aromatic rings. The normalized spacial score (nSPS) is 17.4. The van der Waals surface area contributed by atoms with Gasteiger partial charge in [-0.25, -0.2) is 10.4 Å². The molecule has 1 amide bonds. The van der Waals surface area contributed by atoms with Crippen LogP contribution >= 0.6 is 0 Å². The van der Waals surface area contributed by atoms with Crippen molar-refractivity contribution in [3.8, 4) is 11.5 Å². The molecular formula is C19H18N4O2. The first-order valence-electron chi connectivity index (χ1n) is 8.42. The predicted molar refractivity (Wildman–Crippen MR) is 94.9 cm³/mol. The second-order valence-electron chi connectivity index (χ2n) is 6.16. The first-order chi connectivity index (χ1) is 12.2. The summed E-state index contributed by atoms with van der Waals surface area (Å²) in [6.45, 7) is 2.12. The van der Waals surface area contributed by atoms with Gasteiger partial charge in [0.2, 0.25) is 11.8 Å². The number of hydrazone groups is 1. The largest absolute Gasteiger partial charge is 0.436 e. The van der Waals surface area contributed by atoms with E-state index in [1.807, 2.05) is 30.3 Å². The molecule has 25 heavy (non-hydrogen) atoms.